The zero-order chi connectivity index (χ0) is 10.6. The largest absolute Gasteiger partial charge is 0.0836 e. The summed E-state index contributed by atoms with van der Waals surface area (Å²) in [4.78, 5) is 0. The molecule has 1 unspecified atom stereocenters. The van der Waals surface area contributed by atoms with Crippen LogP contribution in [0.2, 0.25) is 31.2 Å². The molecule has 2 heteroatoms. The first-order valence-electron chi connectivity index (χ1n) is 5.29. The van der Waals surface area contributed by atoms with E-state index in [9.17, 15) is 0 Å². The third-order valence-corrected chi connectivity index (χ3v) is 5.71. The third kappa shape index (κ3) is 4.77. The summed E-state index contributed by atoms with van der Waals surface area (Å²) in [6.07, 6.45) is 0. The Kier molecular flexibility index (Phi) is 4.14. The molecule has 0 aliphatic heterocycles. The molecule has 14 heavy (non-hydrogen) atoms. The second-order valence-electron chi connectivity index (χ2n) is 5.18. The molecule has 0 aromatic heterocycles. The highest BCUT2D eigenvalue weighted by molar-refractivity contribution is 6.77. The summed E-state index contributed by atoms with van der Waals surface area (Å²) in [5.41, 5.74) is 0.865. The van der Waals surface area contributed by atoms with E-state index in [0.29, 0.717) is 0 Å². The maximum Gasteiger partial charge on any atom is 0.0836 e. The summed E-state index contributed by atoms with van der Waals surface area (Å²) in [6, 6.07) is 12.3. The van der Waals surface area contributed by atoms with E-state index in [4.69, 9.17) is 0 Å². The standard InChI is InChI=1S/C12H20Si2/c1-11(10-14(2,3)4)13-12-8-6-5-7-9-12/h5-9,11H,10H2,1-4H3. The van der Waals surface area contributed by atoms with Gasteiger partial charge < -0.3 is 0 Å². The van der Waals surface area contributed by atoms with E-state index in [1.807, 2.05) is 0 Å². The summed E-state index contributed by atoms with van der Waals surface area (Å²) in [5.74, 6) is 0. The van der Waals surface area contributed by atoms with Crippen LogP contribution in [0.15, 0.2) is 30.3 Å². The lowest BCUT2D eigenvalue weighted by Gasteiger charge is -2.20. The van der Waals surface area contributed by atoms with E-state index in [1.165, 1.54) is 11.2 Å². The molecule has 2 radical (unpaired) electrons. The number of hydrogen-bond acceptors (Lipinski definition) is 0. The molecular weight excluding hydrogens is 200 g/mol. The summed E-state index contributed by atoms with van der Waals surface area (Å²) in [6.45, 7) is 9.76. The fourth-order valence-electron chi connectivity index (χ4n) is 1.79. The molecular formula is C12H20Si2. The summed E-state index contributed by atoms with van der Waals surface area (Å²) < 4.78 is 0. The summed E-state index contributed by atoms with van der Waals surface area (Å²) >= 11 is 0. The molecule has 0 nitrogen and oxygen atoms in total. The van der Waals surface area contributed by atoms with Gasteiger partial charge in [0.1, 0.15) is 0 Å². The Bertz CT molecular complexity index is 261. The first-order valence-corrected chi connectivity index (χ1v) is 10.1. The van der Waals surface area contributed by atoms with Gasteiger partial charge in [-0.15, -0.1) is 0 Å². The Balaban J connectivity index is 2.46. The van der Waals surface area contributed by atoms with E-state index in [1.54, 1.807) is 0 Å². The van der Waals surface area contributed by atoms with E-state index < -0.39 is 8.07 Å². The van der Waals surface area contributed by atoms with Crippen molar-refractivity contribution >= 4 is 22.8 Å². The van der Waals surface area contributed by atoms with Gasteiger partial charge in [0, 0.05) is 8.07 Å². The van der Waals surface area contributed by atoms with E-state index in [-0.39, 0.29) is 0 Å². The lowest BCUT2D eigenvalue weighted by molar-refractivity contribution is 1.03. The molecule has 1 aromatic carbocycles. The number of rotatable bonds is 4. The smallest absolute Gasteiger partial charge is 0.0695 e. The lowest BCUT2D eigenvalue weighted by atomic mass is 10.4. The topological polar surface area (TPSA) is 0 Å². The molecule has 1 aromatic rings. The van der Waals surface area contributed by atoms with Crippen molar-refractivity contribution in [3.63, 3.8) is 0 Å². The first-order chi connectivity index (χ1) is 6.47. The molecule has 0 N–H and O–H groups in total. The normalized spacial score (nSPS) is 14.0. The zero-order valence-electron chi connectivity index (χ0n) is 9.67. The van der Waals surface area contributed by atoms with Crippen LogP contribution in [0.25, 0.3) is 0 Å². The van der Waals surface area contributed by atoms with Gasteiger partial charge in [-0.1, -0.05) is 73.7 Å². The van der Waals surface area contributed by atoms with Crippen LogP contribution < -0.4 is 5.19 Å². The second-order valence-corrected chi connectivity index (χ2v) is 12.6. The fourth-order valence-corrected chi connectivity index (χ4v) is 6.82. The quantitative estimate of drug-likeness (QED) is 0.684. The Labute approximate surface area is 91.6 Å². The summed E-state index contributed by atoms with van der Waals surface area (Å²) in [5, 5.41) is 1.51. The van der Waals surface area contributed by atoms with Crippen molar-refractivity contribution in [2.24, 2.45) is 0 Å². The van der Waals surface area contributed by atoms with Crippen molar-refractivity contribution in [2.75, 3.05) is 0 Å². The highest BCUT2D eigenvalue weighted by atomic mass is 28.3. The minimum absolute atomic E-state index is 0.865. The fraction of sp³-hybridized carbons (Fsp3) is 0.500. The predicted octanol–water partition coefficient (Wildman–Crippen LogP) is 3.16. The van der Waals surface area contributed by atoms with Crippen LogP contribution in [-0.4, -0.2) is 17.6 Å². The highest BCUT2D eigenvalue weighted by Crippen LogP contribution is 2.19. The van der Waals surface area contributed by atoms with E-state index >= 15 is 0 Å². The highest BCUT2D eigenvalue weighted by Gasteiger charge is 2.17. The minimum Gasteiger partial charge on any atom is -0.0695 e. The second kappa shape index (κ2) is 4.94. The number of benzene rings is 1. The molecule has 0 aliphatic carbocycles. The molecule has 0 bridgehead atoms. The van der Waals surface area contributed by atoms with Crippen LogP contribution in [0.5, 0.6) is 0 Å². The van der Waals surface area contributed by atoms with Crippen molar-refractivity contribution < 1.29 is 0 Å². The molecule has 1 atom stereocenters. The summed E-state index contributed by atoms with van der Waals surface area (Å²) in [7, 11) is 0.119. The van der Waals surface area contributed by atoms with Crippen molar-refractivity contribution in [3.05, 3.63) is 30.3 Å². The van der Waals surface area contributed by atoms with Gasteiger partial charge in [-0.05, 0) is 0 Å². The maximum absolute atomic E-state index is 2.46. The first kappa shape index (κ1) is 11.7. The van der Waals surface area contributed by atoms with E-state index in [0.717, 1.165) is 15.1 Å². The molecule has 76 valence electrons. The Hall–Kier alpha value is -0.346. The Morgan fingerprint density at radius 1 is 1.14 bits per heavy atom. The van der Waals surface area contributed by atoms with Crippen LogP contribution in [0.4, 0.5) is 0 Å². The Morgan fingerprint density at radius 3 is 2.21 bits per heavy atom. The van der Waals surface area contributed by atoms with Gasteiger partial charge in [0.25, 0.3) is 0 Å². The molecule has 0 saturated heterocycles. The molecule has 0 heterocycles. The van der Waals surface area contributed by atoms with Gasteiger partial charge in [-0.2, -0.15) is 0 Å². The SMILES string of the molecule is CC(C[Si](C)(C)C)[Si]c1ccccc1. The zero-order valence-corrected chi connectivity index (χ0v) is 11.7. The van der Waals surface area contributed by atoms with Gasteiger partial charge in [0.2, 0.25) is 0 Å². The van der Waals surface area contributed by atoms with Gasteiger partial charge in [0.15, 0.2) is 0 Å². The van der Waals surface area contributed by atoms with Gasteiger partial charge >= 0.3 is 0 Å². The molecule has 0 saturated carbocycles. The molecule has 0 aliphatic rings. The van der Waals surface area contributed by atoms with Crippen LogP contribution >= 0.6 is 0 Å². The average Bonchev–Trinajstić information content (AvgIpc) is 2.02. The van der Waals surface area contributed by atoms with Crippen LogP contribution in [0.3, 0.4) is 0 Å². The molecule has 0 amide bonds. The number of hydrogen-bond donors (Lipinski definition) is 0. The monoisotopic (exact) mass is 220 g/mol. The third-order valence-electron chi connectivity index (χ3n) is 2.11. The predicted molar refractivity (Wildman–Crippen MR) is 69.4 cm³/mol. The van der Waals surface area contributed by atoms with E-state index in [2.05, 4.69) is 56.9 Å². The van der Waals surface area contributed by atoms with Crippen LogP contribution in [0, 0.1) is 0 Å². The molecule has 0 spiro atoms. The molecule has 0 fully saturated rings. The lowest BCUT2D eigenvalue weighted by Crippen LogP contribution is -2.26. The maximum atomic E-state index is 2.46. The van der Waals surface area contributed by atoms with Crippen molar-refractivity contribution in [2.45, 2.75) is 38.2 Å². The van der Waals surface area contributed by atoms with Gasteiger partial charge in [-0.25, -0.2) is 0 Å². The van der Waals surface area contributed by atoms with Crippen LogP contribution in [-0.2, 0) is 0 Å². The molecule has 1 rings (SSSR count). The van der Waals surface area contributed by atoms with Gasteiger partial charge in [-0.3, -0.25) is 0 Å². The Morgan fingerprint density at radius 2 is 1.71 bits per heavy atom. The van der Waals surface area contributed by atoms with Gasteiger partial charge in [0.05, 0.1) is 9.52 Å². The van der Waals surface area contributed by atoms with Crippen molar-refractivity contribution in [1.29, 1.82) is 0 Å². The van der Waals surface area contributed by atoms with Crippen molar-refractivity contribution in [1.82, 2.24) is 0 Å². The van der Waals surface area contributed by atoms with Crippen LogP contribution in [0.1, 0.15) is 6.92 Å². The minimum atomic E-state index is -0.867. The average molecular weight is 220 g/mol. The van der Waals surface area contributed by atoms with Crippen molar-refractivity contribution in [3.8, 4) is 0 Å².